The monoisotopic (exact) mass is 327 g/mol. The minimum Gasteiger partial charge on any atom is -0.300 e. The van der Waals surface area contributed by atoms with E-state index < -0.39 is 9.84 Å². The van der Waals surface area contributed by atoms with E-state index in [1.807, 2.05) is 0 Å². The third-order valence-electron chi connectivity index (χ3n) is 4.98. The fourth-order valence-corrected chi connectivity index (χ4v) is 6.40. The summed E-state index contributed by atoms with van der Waals surface area (Å²) in [4.78, 5) is 16.5. The van der Waals surface area contributed by atoms with Crippen LogP contribution in [0.5, 0.6) is 0 Å². The second-order valence-corrected chi connectivity index (χ2v) is 9.93. The first-order chi connectivity index (χ1) is 9.79. The van der Waals surface area contributed by atoms with Crippen LogP contribution in [0.1, 0.15) is 38.4 Å². The van der Waals surface area contributed by atoms with Crippen LogP contribution in [-0.4, -0.2) is 35.2 Å². The lowest BCUT2D eigenvalue weighted by atomic mass is 9.63. The van der Waals surface area contributed by atoms with Gasteiger partial charge in [0.15, 0.2) is 15.7 Å². The summed E-state index contributed by atoms with van der Waals surface area (Å²) in [6.45, 7) is 2.13. The average Bonchev–Trinajstić information content (AvgIpc) is 2.88. The minimum absolute atomic E-state index is 0.0476. The fraction of sp³-hybridized carbons (Fsp3) is 0.769. The fourth-order valence-electron chi connectivity index (χ4n) is 3.44. The molecule has 2 saturated carbocycles. The van der Waals surface area contributed by atoms with Crippen molar-refractivity contribution in [3.05, 3.63) is 5.82 Å². The number of hydrogen-bond acceptors (Lipinski definition) is 6. The molecule has 1 aliphatic heterocycles. The lowest BCUT2D eigenvalue weighted by Crippen LogP contribution is -2.58. The van der Waals surface area contributed by atoms with Gasteiger partial charge in [-0.05, 0) is 31.1 Å². The third-order valence-corrected chi connectivity index (χ3v) is 7.71. The van der Waals surface area contributed by atoms with Crippen LogP contribution in [0.15, 0.2) is 0 Å². The van der Waals surface area contributed by atoms with Crippen LogP contribution in [0, 0.1) is 11.3 Å². The Bertz CT molecular complexity index is 701. The highest BCUT2D eigenvalue weighted by Crippen LogP contribution is 2.53. The maximum Gasteiger partial charge on any atom is 0.229 e. The molecule has 6 nitrogen and oxygen atoms in total. The van der Waals surface area contributed by atoms with E-state index in [0.717, 1.165) is 18.7 Å². The molecule has 3 aliphatic rings. The van der Waals surface area contributed by atoms with E-state index in [2.05, 4.69) is 21.6 Å². The smallest absolute Gasteiger partial charge is 0.229 e. The third kappa shape index (κ3) is 2.28. The van der Waals surface area contributed by atoms with Crippen molar-refractivity contribution in [2.24, 2.45) is 11.3 Å². The first-order valence-electron chi connectivity index (χ1n) is 7.15. The molecule has 0 radical (unpaired) electrons. The van der Waals surface area contributed by atoms with Crippen LogP contribution in [-0.2, 0) is 20.0 Å². The van der Waals surface area contributed by atoms with Gasteiger partial charge in [-0.3, -0.25) is 4.79 Å². The van der Waals surface area contributed by atoms with Crippen molar-refractivity contribution >= 4 is 32.4 Å². The molecule has 0 unspecified atom stereocenters. The molecule has 1 aromatic rings. The number of carbonyl (C=O) groups is 1. The topological polar surface area (TPSA) is 89.0 Å². The standard InChI is InChI=1S/C13H17N3O3S2/c1-12(2-3-12)10-15-11(20-16-10)14-9(17)8-4-13(5-8)6-21(18,19)7-13/h8H,2-7H2,1H3,(H,14,15,16,17). The second-order valence-electron chi connectivity index (χ2n) is 7.11. The van der Waals surface area contributed by atoms with Crippen LogP contribution >= 0.6 is 11.5 Å². The molecule has 1 saturated heterocycles. The highest BCUT2D eigenvalue weighted by molar-refractivity contribution is 7.92. The SMILES string of the molecule is CC1(c2nsc(NC(=O)C3CC4(C3)CS(=O)(=O)C4)n2)CC1. The summed E-state index contributed by atoms with van der Waals surface area (Å²) in [5.74, 6) is 1.21. The number of anilines is 1. The summed E-state index contributed by atoms with van der Waals surface area (Å²) in [5, 5.41) is 3.39. The Morgan fingerprint density at radius 1 is 1.33 bits per heavy atom. The van der Waals surface area contributed by atoms with Gasteiger partial charge < -0.3 is 5.32 Å². The van der Waals surface area contributed by atoms with Gasteiger partial charge in [0.2, 0.25) is 11.0 Å². The first-order valence-corrected chi connectivity index (χ1v) is 9.74. The number of aromatic nitrogens is 2. The molecule has 2 aliphatic carbocycles. The van der Waals surface area contributed by atoms with Crippen molar-refractivity contribution in [3.8, 4) is 0 Å². The number of nitrogens with one attached hydrogen (secondary N) is 1. The molecule has 8 heteroatoms. The van der Waals surface area contributed by atoms with E-state index in [9.17, 15) is 13.2 Å². The molecule has 0 bridgehead atoms. The Hall–Kier alpha value is -1.02. The molecule has 2 heterocycles. The largest absolute Gasteiger partial charge is 0.300 e. The van der Waals surface area contributed by atoms with Crippen molar-refractivity contribution in [2.45, 2.75) is 38.0 Å². The van der Waals surface area contributed by atoms with Crippen LogP contribution in [0.4, 0.5) is 5.13 Å². The molecular formula is C13H17N3O3S2. The molecule has 4 rings (SSSR count). The highest BCUT2D eigenvalue weighted by atomic mass is 32.2. The molecule has 21 heavy (non-hydrogen) atoms. The summed E-state index contributed by atoms with van der Waals surface area (Å²) < 4.78 is 26.8. The van der Waals surface area contributed by atoms with Gasteiger partial charge in [-0.15, -0.1) is 0 Å². The number of amides is 1. The van der Waals surface area contributed by atoms with Gasteiger partial charge in [0.25, 0.3) is 0 Å². The van der Waals surface area contributed by atoms with Gasteiger partial charge in [-0.25, -0.2) is 13.4 Å². The molecule has 1 N–H and O–H groups in total. The van der Waals surface area contributed by atoms with E-state index in [1.165, 1.54) is 11.5 Å². The first kappa shape index (κ1) is 13.6. The van der Waals surface area contributed by atoms with E-state index in [0.29, 0.717) is 18.0 Å². The highest BCUT2D eigenvalue weighted by Gasteiger charge is 2.58. The van der Waals surface area contributed by atoms with E-state index >= 15 is 0 Å². The number of carbonyl (C=O) groups excluding carboxylic acids is 1. The molecule has 114 valence electrons. The Kier molecular flexibility index (Phi) is 2.62. The number of rotatable bonds is 3. The zero-order valence-electron chi connectivity index (χ0n) is 11.8. The molecule has 1 amide bonds. The second kappa shape index (κ2) is 4.04. The Balaban J connectivity index is 1.34. The number of hydrogen-bond donors (Lipinski definition) is 1. The van der Waals surface area contributed by atoms with Gasteiger partial charge in [0.1, 0.15) is 0 Å². The van der Waals surface area contributed by atoms with Gasteiger partial charge in [-0.1, -0.05) is 6.92 Å². The van der Waals surface area contributed by atoms with Crippen molar-refractivity contribution in [1.29, 1.82) is 0 Å². The lowest BCUT2D eigenvalue weighted by molar-refractivity contribution is -0.126. The Morgan fingerprint density at radius 2 is 2.00 bits per heavy atom. The number of nitrogens with zero attached hydrogens (tertiary/aromatic N) is 2. The zero-order valence-corrected chi connectivity index (χ0v) is 13.4. The Morgan fingerprint density at radius 3 is 2.57 bits per heavy atom. The maximum absolute atomic E-state index is 12.1. The van der Waals surface area contributed by atoms with E-state index in [4.69, 9.17) is 0 Å². The van der Waals surface area contributed by atoms with Crippen LogP contribution < -0.4 is 5.32 Å². The predicted molar refractivity (Wildman–Crippen MR) is 78.9 cm³/mol. The molecular weight excluding hydrogens is 310 g/mol. The Labute approximate surface area is 127 Å². The van der Waals surface area contributed by atoms with Crippen LogP contribution in [0.25, 0.3) is 0 Å². The summed E-state index contributed by atoms with van der Waals surface area (Å²) in [5.41, 5.74) is 0.00884. The molecule has 1 spiro atoms. The lowest BCUT2D eigenvalue weighted by Gasteiger charge is -2.52. The van der Waals surface area contributed by atoms with Crippen molar-refractivity contribution in [2.75, 3.05) is 16.8 Å². The van der Waals surface area contributed by atoms with Gasteiger partial charge in [0, 0.05) is 22.9 Å². The summed E-state index contributed by atoms with van der Waals surface area (Å²) in [6.07, 6.45) is 3.58. The van der Waals surface area contributed by atoms with Crippen molar-refractivity contribution in [3.63, 3.8) is 0 Å². The van der Waals surface area contributed by atoms with Crippen LogP contribution in [0.3, 0.4) is 0 Å². The molecule has 1 aromatic heterocycles. The zero-order chi connectivity index (χ0) is 14.9. The molecule has 0 aromatic carbocycles. The normalized spacial score (nSPS) is 27.7. The maximum atomic E-state index is 12.1. The molecule has 3 fully saturated rings. The average molecular weight is 327 g/mol. The van der Waals surface area contributed by atoms with Gasteiger partial charge >= 0.3 is 0 Å². The number of sulfone groups is 1. The van der Waals surface area contributed by atoms with Crippen molar-refractivity contribution < 1.29 is 13.2 Å². The summed E-state index contributed by atoms with van der Waals surface area (Å²) in [7, 11) is -2.82. The predicted octanol–water partition coefficient (Wildman–Crippen LogP) is 1.35. The van der Waals surface area contributed by atoms with E-state index in [-0.39, 0.29) is 34.2 Å². The summed E-state index contributed by atoms with van der Waals surface area (Å²) >= 11 is 1.23. The quantitative estimate of drug-likeness (QED) is 0.905. The van der Waals surface area contributed by atoms with Crippen LogP contribution in [0.2, 0.25) is 0 Å². The molecule has 0 atom stereocenters. The van der Waals surface area contributed by atoms with E-state index in [1.54, 1.807) is 0 Å². The van der Waals surface area contributed by atoms with Gasteiger partial charge in [-0.2, -0.15) is 4.37 Å². The van der Waals surface area contributed by atoms with Crippen molar-refractivity contribution in [1.82, 2.24) is 9.36 Å². The minimum atomic E-state index is -2.82. The van der Waals surface area contributed by atoms with Gasteiger partial charge in [0.05, 0.1) is 11.5 Å². The summed E-state index contributed by atoms with van der Waals surface area (Å²) in [6, 6.07) is 0.